The van der Waals surface area contributed by atoms with E-state index in [9.17, 15) is 9.59 Å². The standard InChI is InChI=1S/C18H32NO3/c20-17-15-13-11-9-7-5-3-1-2-4-6-8-10-12-14-16-18(21)19-22/h1-2,22H,3-16H2,(H,19,21)/b2-1-. The van der Waals surface area contributed by atoms with Gasteiger partial charge in [-0.3, -0.25) is 14.8 Å². The molecule has 0 aliphatic heterocycles. The van der Waals surface area contributed by atoms with Crippen molar-refractivity contribution in [2.75, 3.05) is 0 Å². The van der Waals surface area contributed by atoms with E-state index in [1.165, 1.54) is 32.1 Å². The third kappa shape index (κ3) is 16.9. The molecule has 127 valence electrons. The molecule has 0 fully saturated rings. The summed E-state index contributed by atoms with van der Waals surface area (Å²) in [6, 6.07) is 0. The van der Waals surface area contributed by atoms with Crippen molar-refractivity contribution in [2.24, 2.45) is 0 Å². The minimum Gasteiger partial charge on any atom is -0.291 e. The van der Waals surface area contributed by atoms with Crippen molar-refractivity contribution >= 4 is 12.2 Å². The number of unbranched alkanes of at least 4 members (excludes halogenated alkanes) is 11. The Morgan fingerprint density at radius 3 is 1.86 bits per heavy atom. The summed E-state index contributed by atoms with van der Waals surface area (Å²) in [5.41, 5.74) is 1.65. The van der Waals surface area contributed by atoms with Gasteiger partial charge in [0, 0.05) is 12.8 Å². The highest BCUT2D eigenvalue weighted by Gasteiger charge is 1.97. The molecule has 2 N–H and O–H groups in total. The van der Waals surface area contributed by atoms with E-state index >= 15 is 0 Å². The Balaban J connectivity index is 3.11. The maximum absolute atomic E-state index is 10.8. The van der Waals surface area contributed by atoms with Crippen LogP contribution in [-0.2, 0) is 9.59 Å². The minimum absolute atomic E-state index is 0.287. The van der Waals surface area contributed by atoms with Crippen LogP contribution in [0, 0.1) is 0 Å². The summed E-state index contributed by atoms with van der Waals surface area (Å²) in [6.45, 7) is 0. The van der Waals surface area contributed by atoms with Gasteiger partial charge in [-0.15, -0.1) is 0 Å². The predicted molar refractivity (Wildman–Crippen MR) is 89.4 cm³/mol. The molecule has 0 spiro atoms. The molecule has 4 heteroatoms. The molecule has 0 unspecified atom stereocenters. The first-order valence-corrected chi connectivity index (χ1v) is 8.74. The molecule has 0 atom stereocenters. The number of carbonyl (C=O) groups is 1. The number of hydroxylamine groups is 1. The van der Waals surface area contributed by atoms with Crippen LogP contribution in [0.15, 0.2) is 12.2 Å². The SMILES string of the molecule is O=[C]CCCCCCC/C=C\CCCCCCCC(=O)NO. The van der Waals surface area contributed by atoms with E-state index < -0.39 is 0 Å². The topological polar surface area (TPSA) is 66.4 Å². The van der Waals surface area contributed by atoms with Crippen LogP contribution in [0.3, 0.4) is 0 Å². The second-order valence-electron chi connectivity index (χ2n) is 5.76. The molecule has 0 bridgehead atoms. The molecule has 0 heterocycles. The second kappa shape index (κ2) is 17.9. The number of allylic oxidation sites excluding steroid dienone is 2. The van der Waals surface area contributed by atoms with Crippen molar-refractivity contribution < 1.29 is 14.8 Å². The Labute approximate surface area is 135 Å². The smallest absolute Gasteiger partial charge is 0.243 e. The van der Waals surface area contributed by atoms with Crippen LogP contribution < -0.4 is 5.48 Å². The van der Waals surface area contributed by atoms with E-state index in [1.807, 2.05) is 6.29 Å². The molecule has 0 saturated heterocycles. The van der Waals surface area contributed by atoms with Gasteiger partial charge in [0.05, 0.1) is 0 Å². The summed E-state index contributed by atoms with van der Waals surface area (Å²) in [6.07, 6.45) is 21.2. The Kier molecular flexibility index (Phi) is 16.9. The van der Waals surface area contributed by atoms with E-state index in [2.05, 4.69) is 12.2 Å². The lowest BCUT2D eigenvalue weighted by molar-refractivity contribution is -0.129. The molecule has 1 radical (unpaired) electrons. The highest BCUT2D eigenvalue weighted by Crippen LogP contribution is 2.09. The van der Waals surface area contributed by atoms with Crippen LogP contribution in [-0.4, -0.2) is 17.4 Å². The number of carbonyl (C=O) groups excluding carboxylic acids is 2. The molecule has 0 aliphatic carbocycles. The molecular formula is C18H32NO3. The van der Waals surface area contributed by atoms with Crippen molar-refractivity contribution in [3.8, 4) is 0 Å². The zero-order valence-electron chi connectivity index (χ0n) is 13.8. The van der Waals surface area contributed by atoms with Crippen molar-refractivity contribution in [1.29, 1.82) is 0 Å². The first-order valence-electron chi connectivity index (χ1n) is 8.74. The number of amides is 1. The van der Waals surface area contributed by atoms with E-state index in [4.69, 9.17) is 5.21 Å². The molecule has 4 nitrogen and oxygen atoms in total. The molecule has 0 aromatic heterocycles. The highest BCUT2D eigenvalue weighted by molar-refractivity contribution is 5.74. The molecule has 0 saturated carbocycles. The molecule has 0 aromatic rings. The normalized spacial score (nSPS) is 11.0. The fraction of sp³-hybridized carbons (Fsp3) is 0.778. The lowest BCUT2D eigenvalue weighted by Crippen LogP contribution is -2.17. The molecule has 0 aliphatic rings. The lowest BCUT2D eigenvalue weighted by atomic mass is 10.1. The van der Waals surface area contributed by atoms with Gasteiger partial charge in [0.15, 0.2) is 6.29 Å². The van der Waals surface area contributed by atoms with Crippen molar-refractivity contribution in [3.63, 3.8) is 0 Å². The van der Waals surface area contributed by atoms with Gasteiger partial charge in [-0.2, -0.15) is 0 Å². The lowest BCUT2D eigenvalue weighted by Gasteiger charge is -2.00. The van der Waals surface area contributed by atoms with Crippen LogP contribution in [0.25, 0.3) is 0 Å². The number of nitrogens with one attached hydrogen (secondary N) is 1. The largest absolute Gasteiger partial charge is 0.291 e. The number of rotatable bonds is 16. The molecule has 0 rings (SSSR count). The number of hydrogen-bond acceptors (Lipinski definition) is 3. The zero-order valence-corrected chi connectivity index (χ0v) is 13.8. The van der Waals surface area contributed by atoms with Gasteiger partial charge in [-0.25, -0.2) is 5.48 Å². The maximum atomic E-state index is 10.8. The van der Waals surface area contributed by atoms with Crippen LogP contribution in [0.5, 0.6) is 0 Å². The summed E-state index contributed by atoms with van der Waals surface area (Å²) in [5.74, 6) is -0.287. The van der Waals surface area contributed by atoms with Crippen LogP contribution >= 0.6 is 0 Å². The number of hydrogen-bond donors (Lipinski definition) is 2. The average Bonchev–Trinajstić information content (AvgIpc) is 2.54. The Morgan fingerprint density at radius 2 is 1.32 bits per heavy atom. The van der Waals surface area contributed by atoms with E-state index in [0.29, 0.717) is 12.8 Å². The Bertz CT molecular complexity index is 290. The van der Waals surface area contributed by atoms with Gasteiger partial charge in [0.2, 0.25) is 5.91 Å². The van der Waals surface area contributed by atoms with E-state index in [0.717, 1.165) is 44.9 Å². The molecule has 1 amide bonds. The van der Waals surface area contributed by atoms with Crippen molar-refractivity contribution in [2.45, 2.75) is 89.9 Å². The first-order chi connectivity index (χ1) is 10.8. The molecule has 22 heavy (non-hydrogen) atoms. The fourth-order valence-electron chi connectivity index (χ4n) is 2.36. The zero-order chi connectivity index (χ0) is 16.3. The summed E-state index contributed by atoms with van der Waals surface area (Å²) >= 11 is 0. The van der Waals surface area contributed by atoms with Crippen LogP contribution in [0.2, 0.25) is 0 Å². The monoisotopic (exact) mass is 310 g/mol. The molecular weight excluding hydrogens is 278 g/mol. The third-order valence-corrected chi connectivity index (χ3v) is 3.72. The van der Waals surface area contributed by atoms with Crippen LogP contribution in [0.4, 0.5) is 0 Å². The average molecular weight is 310 g/mol. The quantitative estimate of drug-likeness (QED) is 0.189. The van der Waals surface area contributed by atoms with Crippen LogP contribution in [0.1, 0.15) is 89.9 Å². The maximum Gasteiger partial charge on any atom is 0.243 e. The summed E-state index contributed by atoms with van der Waals surface area (Å²) in [7, 11) is 0. The van der Waals surface area contributed by atoms with Crippen molar-refractivity contribution in [3.05, 3.63) is 12.2 Å². The predicted octanol–water partition coefficient (Wildman–Crippen LogP) is 4.62. The van der Waals surface area contributed by atoms with Gasteiger partial charge >= 0.3 is 0 Å². The summed E-state index contributed by atoms with van der Waals surface area (Å²) in [4.78, 5) is 20.8. The fourth-order valence-corrected chi connectivity index (χ4v) is 2.36. The Hall–Kier alpha value is -1.16. The van der Waals surface area contributed by atoms with Gasteiger partial charge < -0.3 is 0 Å². The highest BCUT2D eigenvalue weighted by atomic mass is 16.5. The van der Waals surface area contributed by atoms with Crippen molar-refractivity contribution in [1.82, 2.24) is 5.48 Å². The Morgan fingerprint density at radius 1 is 0.818 bits per heavy atom. The van der Waals surface area contributed by atoms with E-state index in [1.54, 1.807) is 5.48 Å². The summed E-state index contributed by atoms with van der Waals surface area (Å²) in [5, 5.41) is 8.34. The van der Waals surface area contributed by atoms with Gasteiger partial charge in [-0.05, 0) is 38.5 Å². The van der Waals surface area contributed by atoms with Gasteiger partial charge in [-0.1, -0.05) is 50.7 Å². The minimum atomic E-state index is -0.287. The molecule has 0 aromatic carbocycles. The second-order valence-corrected chi connectivity index (χ2v) is 5.76. The van der Waals surface area contributed by atoms with E-state index in [-0.39, 0.29) is 5.91 Å². The van der Waals surface area contributed by atoms with Gasteiger partial charge in [0.1, 0.15) is 0 Å². The van der Waals surface area contributed by atoms with Gasteiger partial charge in [0.25, 0.3) is 0 Å². The summed E-state index contributed by atoms with van der Waals surface area (Å²) < 4.78 is 0. The third-order valence-electron chi connectivity index (χ3n) is 3.72. The first kappa shape index (κ1) is 20.8.